The van der Waals surface area contributed by atoms with Crippen molar-refractivity contribution >= 4 is 5.97 Å². The van der Waals surface area contributed by atoms with Crippen molar-refractivity contribution in [3.05, 3.63) is 83.4 Å². The van der Waals surface area contributed by atoms with Crippen LogP contribution in [-0.4, -0.2) is 11.1 Å². The number of allylic oxidation sites excluding steroid dienone is 2. The topological polar surface area (TPSA) is 37.3 Å². The van der Waals surface area contributed by atoms with Crippen LogP contribution in [0.1, 0.15) is 43.2 Å². The second-order valence-corrected chi connectivity index (χ2v) is 9.01. The first kappa shape index (κ1) is 16.8. The molecule has 4 aliphatic rings. The van der Waals surface area contributed by atoms with Gasteiger partial charge in [0.2, 0.25) is 0 Å². The van der Waals surface area contributed by atoms with Crippen LogP contribution in [-0.2, 0) is 16.6 Å². The Bertz CT molecular complexity index is 863. The van der Waals surface area contributed by atoms with Gasteiger partial charge in [0.1, 0.15) is 0 Å². The number of rotatable bonds is 4. The minimum atomic E-state index is -0.570. The van der Waals surface area contributed by atoms with E-state index >= 15 is 0 Å². The fraction of sp³-hybridized carbons (Fsp3) is 0.400. The van der Waals surface area contributed by atoms with Gasteiger partial charge in [0.25, 0.3) is 0 Å². The Hall–Kier alpha value is -2.35. The molecule has 4 fully saturated rings. The molecule has 6 rings (SSSR count). The lowest BCUT2D eigenvalue weighted by Gasteiger charge is -2.62. The first-order valence-corrected chi connectivity index (χ1v) is 10.1. The van der Waals surface area contributed by atoms with E-state index in [-0.39, 0.29) is 5.41 Å². The van der Waals surface area contributed by atoms with E-state index in [2.05, 4.69) is 66.7 Å². The normalized spacial score (nSPS) is 33.9. The van der Waals surface area contributed by atoms with Gasteiger partial charge in [-0.15, -0.1) is 0 Å². The summed E-state index contributed by atoms with van der Waals surface area (Å²) in [6.07, 6.45) is 8.09. The molecule has 0 spiro atoms. The van der Waals surface area contributed by atoms with Gasteiger partial charge in [0, 0.05) is 0 Å². The summed E-state index contributed by atoms with van der Waals surface area (Å²) in [4.78, 5) is 12.3. The summed E-state index contributed by atoms with van der Waals surface area (Å²) >= 11 is 0. The fourth-order valence-electron chi connectivity index (χ4n) is 6.50. The van der Waals surface area contributed by atoms with Gasteiger partial charge in [0.05, 0.1) is 5.41 Å². The van der Waals surface area contributed by atoms with E-state index in [0.717, 1.165) is 38.5 Å². The highest BCUT2D eigenvalue weighted by Crippen LogP contribution is 2.67. The molecule has 0 aliphatic heterocycles. The van der Waals surface area contributed by atoms with Crippen LogP contribution in [0.3, 0.4) is 0 Å². The van der Waals surface area contributed by atoms with Crippen LogP contribution in [0, 0.1) is 17.3 Å². The molecule has 4 aliphatic carbocycles. The molecule has 138 valence electrons. The molecule has 0 heterocycles. The lowest BCUT2D eigenvalue weighted by molar-refractivity contribution is -0.162. The molecule has 2 heteroatoms. The van der Waals surface area contributed by atoms with Gasteiger partial charge in [-0.1, -0.05) is 72.3 Å². The quantitative estimate of drug-likeness (QED) is 0.744. The average Bonchev–Trinajstić information content (AvgIpc) is 2.68. The van der Waals surface area contributed by atoms with Crippen LogP contribution < -0.4 is 0 Å². The molecule has 27 heavy (non-hydrogen) atoms. The van der Waals surface area contributed by atoms with Crippen molar-refractivity contribution in [2.75, 3.05) is 0 Å². The second kappa shape index (κ2) is 6.09. The number of carboxylic acids is 1. The highest BCUT2D eigenvalue weighted by atomic mass is 16.4. The highest BCUT2D eigenvalue weighted by Gasteiger charge is 2.62. The number of hydrogen-bond acceptors (Lipinski definition) is 1. The molecular weight excluding hydrogens is 332 g/mol. The Morgan fingerprint density at radius 2 is 1.52 bits per heavy atom. The molecule has 0 radical (unpaired) electrons. The fourth-order valence-corrected chi connectivity index (χ4v) is 6.50. The number of aliphatic carboxylic acids is 1. The molecule has 4 saturated carbocycles. The Morgan fingerprint density at radius 1 is 0.926 bits per heavy atom. The maximum Gasteiger partial charge on any atom is 0.309 e. The summed E-state index contributed by atoms with van der Waals surface area (Å²) in [5.41, 5.74) is 3.76. The van der Waals surface area contributed by atoms with Crippen molar-refractivity contribution < 1.29 is 9.90 Å². The maximum absolute atomic E-state index is 12.3. The van der Waals surface area contributed by atoms with E-state index < -0.39 is 11.4 Å². The van der Waals surface area contributed by atoms with E-state index in [9.17, 15) is 9.90 Å². The number of benzene rings is 2. The molecule has 4 bridgehead atoms. The van der Waals surface area contributed by atoms with E-state index in [0.29, 0.717) is 11.8 Å². The molecule has 0 saturated heterocycles. The van der Waals surface area contributed by atoms with Crippen molar-refractivity contribution in [3.63, 3.8) is 0 Å². The van der Waals surface area contributed by atoms with Crippen molar-refractivity contribution in [3.8, 4) is 0 Å². The van der Waals surface area contributed by atoms with Crippen molar-refractivity contribution in [1.29, 1.82) is 0 Å². The summed E-state index contributed by atoms with van der Waals surface area (Å²) in [5, 5.41) is 10.1. The largest absolute Gasteiger partial charge is 0.481 e. The van der Waals surface area contributed by atoms with E-state index in [4.69, 9.17) is 0 Å². The molecule has 0 amide bonds. The average molecular weight is 358 g/mol. The molecular formula is C25H26O2. The lowest BCUT2D eigenvalue weighted by Crippen LogP contribution is -2.57. The SMILES string of the molecule is O=C(O)C12CC3CC(c4ccccc4)(CC(C1)C3=CCc1ccccc1)C2. The summed E-state index contributed by atoms with van der Waals surface area (Å²) in [5.74, 6) is 0.275. The summed E-state index contributed by atoms with van der Waals surface area (Å²) in [6.45, 7) is 0. The first-order valence-electron chi connectivity index (χ1n) is 10.1. The predicted octanol–water partition coefficient (Wildman–Crippen LogP) is 5.39. The van der Waals surface area contributed by atoms with Gasteiger partial charge in [-0.05, 0) is 66.9 Å². The predicted molar refractivity (Wildman–Crippen MR) is 106 cm³/mol. The summed E-state index contributed by atoms with van der Waals surface area (Å²) < 4.78 is 0. The molecule has 2 nitrogen and oxygen atoms in total. The van der Waals surface area contributed by atoms with Crippen LogP contribution in [0.5, 0.6) is 0 Å². The Labute approximate surface area is 160 Å². The van der Waals surface area contributed by atoms with Crippen LogP contribution in [0.2, 0.25) is 0 Å². The summed E-state index contributed by atoms with van der Waals surface area (Å²) in [7, 11) is 0. The molecule has 2 aromatic rings. The van der Waals surface area contributed by atoms with E-state index in [1.165, 1.54) is 11.1 Å². The second-order valence-electron chi connectivity index (χ2n) is 9.01. The van der Waals surface area contributed by atoms with Crippen LogP contribution >= 0.6 is 0 Å². The standard InChI is InChI=1S/C25H26O2/c26-23(27)25-15-19-13-24(17-25,21-9-5-2-6-10-21)14-20(16-25)22(19)12-11-18-7-3-1-4-8-18/h1-10,12,19-20H,11,13-17H2,(H,26,27). The molecule has 2 atom stereocenters. The van der Waals surface area contributed by atoms with Gasteiger partial charge in [-0.25, -0.2) is 0 Å². The molecule has 2 unspecified atom stereocenters. The van der Waals surface area contributed by atoms with Crippen molar-refractivity contribution in [2.24, 2.45) is 17.3 Å². The Balaban J connectivity index is 1.51. The third-order valence-corrected chi connectivity index (χ3v) is 7.42. The summed E-state index contributed by atoms with van der Waals surface area (Å²) in [6, 6.07) is 21.3. The molecule has 1 N–H and O–H groups in total. The zero-order chi connectivity index (χ0) is 18.5. The maximum atomic E-state index is 12.3. The van der Waals surface area contributed by atoms with Crippen molar-refractivity contribution in [1.82, 2.24) is 0 Å². The van der Waals surface area contributed by atoms with Gasteiger partial charge < -0.3 is 5.11 Å². The zero-order valence-corrected chi connectivity index (χ0v) is 15.6. The highest BCUT2D eigenvalue weighted by molar-refractivity contribution is 5.76. The number of hydrogen-bond donors (Lipinski definition) is 1. The molecule has 2 aromatic carbocycles. The van der Waals surface area contributed by atoms with Crippen molar-refractivity contribution in [2.45, 2.75) is 43.9 Å². The minimum absolute atomic E-state index is 0.0512. The first-order chi connectivity index (χ1) is 13.1. The third-order valence-electron chi connectivity index (χ3n) is 7.42. The number of carbonyl (C=O) groups is 1. The van der Waals surface area contributed by atoms with Crippen LogP contribution in [0.25, 0.3) is 0 Å². The minimum Gasteiger partial charge on any atom is -0.481 e. The third kappa shape index (κ3) is 2.65. The smallest absolute Gasteiger partial charge is 0.309 e. The van der Waals surface area contributed by atoms with Gasteiger partial charge in [-0.2, -0.15) is 0 Å². The van der Waals surface area contributed by atoms with Gasteiger partial charge in [-0.3, -0.25) is 4.79 Å². The van der Waals surface area contributed by atoms with Gasteiger partial charge in [0.15, 0.2) is 0 Å². The van der Waals surface area contributed by atoms with Crippen LogP contribution in [0.4, 0.5) is 0 Å². The zero-order valence-electron chi connectivity index (χ0n) is 15.6. The number of carboxylic acid groups (broad SMARTS) is 1. The van der Waals surface area contributed by atoms with Crippen LogP contribution in [0.15, 0.2) is 72.3 Å². The molecule has 0 aromatic heterocycles. The van der Waals surface area contributed by atoms with E-state index in [1.54, 1.807) is 5.57 Å². The monoisotopic (exact) mass is 358 g/mol. The van der Waals surface area contributed by atoms with Gasteiger partial charge >= 0.3 is 5.97 Å². The Morgan fingerprint density at radius 3 is 2.11 bits per heavy atom. The Kier molecular flexibility index (Phi) is 3.79. The lowest BCUT2D eigenvalue weighted by atomic mass is 9.41. The van der Waals surface area contributed by atoms with E-state index in [1.807, 2.05) is 0 Å².